The Labute approximate surface area is 93.1 Å². The molecule has 0 aromatic carbocycles. The fraction of sp³-hybridized carbons (Fsp3) is 1.00. The lowest BCUT2D eigenvalue weighted by Crippen LogP contribution is -2.50. The van der Waals surface area contributed by atoms with Gasteiger partial charge in [0.05, 0.1) is 6.10 Å². The number of hydrogen-bond donors (Lipinski definition) is 1. The molecule has 3 nitrogen and oxygen atoms in total. The van der Waals surface area contributed by atoms with Crippen LogP contribution in [0.25, 0.3) is 0 Å². The summed E-state index contributed by atoms with van der Waals surface area (Å²) in [6, 6.07) is 0.874. The van der Waals surface area contributed by atoms with Crippen molar-refractivity contribution >= 4 is 0 Å². The standard InChI is InChI=1S/C12H24N2O/c1-11(15)10-13-6-8-14(9-7-13)12-4-2-3-5-12/h11-12,15H,2-10H2,1H3/t11-/m1/s1. The molecule has 1 aliphatic carbocycles. The Kier molecular flexibility index (Phi) is 4.00. The Balaban J connectivity index is 1.71. The highest BCUT2D eigenvalue weighted by Crippen LogP contribution is 2.24. The third-order valence-corrected chi connectivity index (χ3v) is 3.77. The Morgan fingerprint density at radius 1 is 1.13 bits per heavy atom. The summed E-state index contributed by atoms with van der Waals surface area (Å²) in [4.78, 5) is 5.04. The molecule has 1 saturated carbocycles. The van der Waals surface area contributed by atoms with E-state index in [4.69, 9.17) is 0 Å². The number of β-amino-alcohol motifs (C(OH)–C–C–N with tert-alkyl or cyclic N) is 1. The van der Waals surface area contributed by atoms with Crippen LogP contribution in [-0.4, -0.2) is 59.8 Å². The van der Waals surface area contributed by atoms with Crippen molar-refractivity contribution in [1.82, 2.24) is 9.80 Å². The van der Waals surface area contributed by atoms with E-state index >= 15 is 0 Å². The van der Waals surface area contributed by atoms with Crippen molar-refractivity contribution in [2.24, 2.45) is 0 Å². The molecule has 1 N–H and O–H groups in total. The average Bonchev–Trinajstić information content (AvgIpc) is 2.71. The lowest BCUT2D eigenvalue weighted by Gasteiger charge is -2.38. The molecule has 1 saturated heterocycles. The van der Waals surface area contributed by atoms with Crippen LogP contribution < -0.4 is 0 Å². The van der Waals surface area contributed by atoms with Crippen molar-refractivity contribution in [1.29, 1.82) is 0 Å². The summed E-state index contributed by atoms with van der Waals surface area (Å²) in [7, 11) is 0. The van der Waals surface area contributed by atoms with Gasteiger partial charge < -0.3 is 5.11 Å². The molecule has 88 valence electrons. The van der Waals surface area contributed by atoms with E-state index in [1.165, 1.54) is 38.8 Å². The predicted molar refractivity (Wildman–Crippen MR) is 61.9 cm³/mol. The molecule has 2 rings (SSSR count). The number of nitrogens with zero attached hydrogens (tertiary/aromatic N) is 2. The Morgan fingerprint density at radius 3 is 2.27 bits per heavy atom. The molecule has 1 aliphatic heterocycles. The summed E-state index contributed by atoms with van der Waals surface area (Å²) in [6.45, 7) is 7.42. The van der Waals surface area contributed by atoms with Crippen LogP contribution in [0.15, 0.2) is 0 Å². The summed E-state index contributed by atoms with van der Waals surface area (Å²) >= 11 is 0. The maximum Gasteiger partial charge on any atom is 0.0639 e. The summed E-state index contributed by atoms with van der Waals surface area (Å²) < 4.78 is 0. The summed E-state index contributed by atoms with van der Waals surface area (Å²) in [5.74, 6) is 0. The summed E-state index contributed by atoms with van der Waals surface area (Å²) in [5.41, 5.74) is 0. The Morgan fingerprint density at radius 2 is 1.73 bits per heavy atom. The minimum Gasteiger partial charge on any atom is -0.392 e. The van der Waals surface area contributed by atoms with Crippen molar-refractivity contribution in [2.75, 3.05) is 32.7 Å². The van der Waals surface area contributed by atoms with Crippen molar-refractivity contribution in [3.05, 3.63) is 0 Å². The lowest BCUT2D eigenvalue weighted by molar-refractivity contribution is 0.0633. The van der Waals surface area contributed by atoms with Crippen LogP contribution in [0.2, 0.25) is 0 Å². The normalized spacial score (nSPS) is 28.4. The van der Waals surface area contributed by atoms with Crippen molar-refractivity contribution in [3.8, 4) is 0 Å². The van der Waals surface area contributed by atoms with Gasteiger partial charge in [0.25, 0.3) is 0 Å². The number of hydrogen-bond acceptors (Lipinski definition) is 3. The Bertz CT molecular complexity index is 182. The van der Waals surface area contributed by atoms with Gasteiger partial charge >= 0.3 is 0 Å². The van der Waals surface area contributed by atoms with Gasteiger partial charge in [-0.05, 0) is 19.8 Å². The molecule has 0 spiro atoms. The fourth-order valence-electron chi connectivity index (χ4n) is 2.95. The van der Waals surface area contributed by atoms with E-state index in [9.17, 15) is 5.11 Å². The second-order valence-corrected chi connectivity index (χ2v) is 5.12. The van der Waals surface area contributed by atoms with E-state index in [0.717, 1.165) is 25.7 Å². The maximum absolute atomic E-state index is 9.33. The van der Waals surface area contributed by atoms with Crippen LogP contribution >= 0.6 is 0 Å². The third-order valence-electron chi connectivity index (χ3n) is 3.77. The van der Waals surface area contributed by atoms with Gasteiger partial charge in [-0.15, -0.1) is 0 Å². The number of aliphatic hydroxyl groups excluding tert-OH is 1. The zero-order valence-corrected chi connectivity index (χ0v) is 9.86. The first-order valence-electron chi connectivity index (χ1n) is 6.40. The molecule has 2 aliphatic rings. The highest BCUT2D eigenvalue weighted by Gasteiger charge is 2.26. The molecule has 3 heteroatoms. The third kappa shape index (κ3) is 3.16. The van der Waals surface area contributed by atoms with Crippen molar-refractivity contribution in [2.45, 2.75) is 44.8 Å². The highest BCUT2D eigenvalue weighted by molar-refractivity contribution is 4.82. The number of aliphatic hydroxyl groups is 1. The van der Waals surface area contributed by atoms with Gasteiger partial charge in [0.1, 0.15) is 0 Å². The van der Waals surface area contributed by atoms with Crippen LogP contribution in [0.4, 0.5) is 0 Å². The van der Waals surface area contributed by atoms with Crippen LogP contribution in [0.5, 0.6) is 0 Å². The molecule has 0 aromatic heterocycles. The van der Waals surface area contributed by atoms with E-state index in [-0.39, 0.29) is 6.10 Å². The van der Waals surface area contributed by atoms with Gasteiger partial charge in [-0.25, -0.2) is 0 Å². The minimum absolute atomic E-state index is 0.178. The van der Waals surface area contributed by atoms with Gasteiger partial charge in [-0.1, -0.05) is 12.8 Å². The number of rotatable bonds is 3. The van der Waals surface area contributed by atoms with Crippen LogP contribution in [0.3, 0.4) is 0 Å². The monoisotopic (exact) mass is 212 g/mol. The first-order valence-corrected chi connectivity index (χ1v) is 6.40. The molecule has 1 heterocycles. The van der Waals surface area contributed by atoms with Crippen LogP contribution in [0.1, 0.15) is 32.6 Å². The predicted octanol–water partition coefficient (Wildman–Crippen LogP) is 0.927. The van der Waals surface area contributed by atoms with Gasteiger partial charge in [0, 0.05) is 38.8 Å². The molecular weight excluding hydrogens is 188 g/mol. The van der Waals surface area contributed by atoms with Gasteiger partial charge in [-0.3, -0.25) is 9.80 Å². The molecule has 0 unspecified atom stereocenters. The van der Waals surface area contributed by atoms with Gasteiger partial charge in [0.15, 0.2) is 0 Å². The fourth-order valence-corrected chi connectivity index (χ4v) is 2.95. The molecule has 2 fully saturated rings. The van der Waals surface area contributed by atoms with E-state index in [0.29, 0.717) is 0 Å². The number of piperazine rings is 1. The molecular formula is C12H24N2O. The highest BCUT2D eigenvalue weighted by atomic mass is 16.3. The topological polar surface area (TPSA) is 26.7 Å². The SMILES string of the molecule is C[C@@H](O)CN1CCN(C2CCCC2)CC1. The summed E-state index contributed by atoms with van der Waals surface area (Å²) in [6.07, 6.45) is 5.51. The van der Waals surface area contributed by atoms with E-state index < -0.39 is 0 Å². The average molecular weight is 212 g/mol. The zero-order chi connectivity index (χ0) is 10.7. The Hall–Kier alpha value is -0.120. The molecule has 0 radical (unpaired) electrons. The molecule has 0 amide bonds. The smallest absolute Gasteiger partial charge is 0.0639 e. The van der Waals surface area contributed by atoms with E-state index in [2.05, 4.69) is 9.80 Å². The second kappa shape index (κ2) is 5.28. The van der Waals surface area contributed by atoms with Crippen LogP contribution in [-0.2, 0) is 0 Å². The van der Waals surface area contributed by atoms with Crippen molar-refractivity contribution in [3.63, 3.8) is 0 Å². The van der Waals surface area contributed by atoms with Crippen LogP contribution in [0, 0.1) is 0 Å². The first kappa shape index (κ1) is 11.4. The molecule has 0 aromatic rings. The quantitative estimate of drug-likeness (QED) is 0.754. The van der Waals surface area contributed by atoms with Crippen molar-refractivity contribution < 1.29 is 5.11 Å². The van der Waals surface area contributed by atoms with Gasteiger partial charge in [0.2, 0.25) is 0 Å². The first-order chi connectivity index (χ1) is 7.25. The minimum atomic E-state index is -0.178. The lowest BCUT2D eigenvalue weighted by atomic mass is 10.2. The van der Waals surface area contributed by atoms with E-state index in [1.807, 2.05) is 6.92 Å². The van der Waals surface area contributed by atoms with Gasteiger partial charge in [-0.2, -0.15) is 0 Å². The summed E-state index contributed by atoms with van der Waals surface area (Å²) in [5, 5.41) is 9.33. The largest absolute Gasteiger partial charge is 0.392 e. The van der Waals surface area contributed by atoms with E-state index in [1.54, 1.807) is 0 Å². The zero-order valence-electron chi connectivity index (χ0n) is 9.86. The molecule has 0 bridgehead atoms. The molecule has 1 atom stereocenters. The maximum atomic E-state index is 9.33. The molecule has 15 heavy (non-hydrogen) atoms. The second-order valence-electron chi connectivity index (χ2n) is 5.12.